The van der Waals surface area contributed by atoms with Crippen LogP contribution in [0.25, 0.3) is 10.9 Å². The summed E-state index contributed by atoms with van der Waals surface area (Å²) in [5.74, 6) is -0.729. The number of H-pyrrole nitrogens is 1. The molecule has 116 valence electrons. The Labute approximate surface area is 136 Å². The average Bonchev–Trinajstić information content (AvgIpc) is 2.85. The number of thiocarbonyl (C=S) groups is 1. The van der Waals surface area contributed by atoms with Gasteiger partial charge >= 0.3 is 0 Å². The highest BCUT2D eigenvalue weighted by molar-refractivity contribution is 7.80. The molecule has 3 aromatic rings. The number of aromatic hydroxyl groups is 1. The lowest BCUT2D eigenvalue weighted by molar-refractivity contribution is 0.459. The Morgan fingerprint density at radius 1 is 1.22 bits per heavy atom. The van der Waals surface area contributed by atoms with Gasteiger partial charge in [0.25, 0.3) is 0 Å². The molecule has 1 heterocycles. The van der Waals surface area contributed by atoms with Crippen LogP contribution in [0.2, 0.25) is 0 Å². The van der Waals surface area contributed by atoms with E-state index >= 15 is 0 Å². The van der Waals surface area contributed by atoms with Crippen molar-refractivity contribution in [3.05, 3.63) is 53.8 Å². The number of rotatable bonds is 2. The van der Waals surface area contributed by atoms with Crippen LogP contribution >= 0.6 is 12.2 Å². The third kappa shape index (κ3) is 3.04. The highest BCUT2D eigenvalue weighted by Crippen LogP contribution is 2.36. The molecule has 1 aromatic heterocycles. The van der Waals surface area contributed by atoms with Crippen molar-refractivity contribution in [2.45, 2.75) is 6.92 Å². The summed E-state index contributed by atoms with van der Waals surface area (Å²) in [4.78, 5) is 2.54. The second-order valence-electron chi connectivity index (χ2n) is 4.93. The van der Waals surface area contributed by atoms with Crippen molar-refractivity contribution in [1.29, 1.82) is 0 Å². The van der Waals surface area contributed by atoms with E-state index < -0.39 is 5.82 Å². The number of nitrogens with one attached hydrogen (secondary N) is 2. The van der Waals surface area contributed by atoms with E-state index in [9.17, 15) is 9.50 Å². The van der Waals surface area contributed by atoms with Crippen molar-refractivity contribution in [1.82, 2.24) is 4.98 Å². The van der Waals surface area contributed by atoms with E-state index in [-0.39, 0.29) is 22.2 Å². The van der Waals surface area contributed by atoms with E-state index in [1.807, 2.05) is 31.2 Å². The third-order valence-corrected chi connectivity index (χ3v) is 3.55. The zero-order chi connectivity index (χ0) is 16.4. The van der Waals surface area contributed by atoms with Crippen LogP contribution in [0, 0.1) is 12.7 Å². The van der Waals surface area contributed by atoms with Gasteiger partial charge < -0.3 is 15.4 Å². The largest absolute Gasteiger partial charge is 0.493 e. The van der Waals surface area contributed by atoms with Crippen LogP contribution in [-0.4, -0.2) is 15.2 Å². The summed E-state index contributed by atoms with van der Waals surface area (Å²) in [5.41, 5.74) is 2.16. The summed E-state index contributed by atoms with van der Waals surface area (Å²) in [7, 11) is 0. The first-order valence-electron chi connectivity index (χ1n) is 6.84. The highest BCUT2D eigenvalue weighted by atomic mass is 32.1. The van der Waals surface area contributed by atoms with Crippen LogP contribution in [0.3, 0.4) is 0 Å². The van der Waals surface area contributed by atoms with Crippen molar-refractivity contribution in [2.75, 3.05) is 5.32 Å². The lowest BCUT2D eigenvalue weighted by Crippen LogP contribution is -2.06. The Balaban J connectivity index is 1.86. The third-order valence-electron chi connectivity index (χ3n) is 3.36. The fourth-order valence-corrected chi connectivity index (χ4v) is 2.35. The van der Waals surface area contributed by atoms with E-state index in [1.54, 1.807) is 6.07 Å². The van der Waals surface area contributed by atoms with Crippen LogP contribution in [-0.2, 0) is 0 Å². The van der Waals surface area contributed by atoms with Crippen LogP contribution < -0.4 is 5.32 Å². The molecule has 0 bridgehead atoms. The molecule has 2 aromatic carbocycles. The number of hydrogen-bond donors (Lipinski definition) is 3. The SMILES string of the molecule is Cc1ccccc1NC(=S)N=Nc1c(O)[nH]c2c(F)cccc12. The number of nitrogens with zero attached hydrogens (tertiary/aromatic N) is 2. The molecule has 0 unspecified atom stereocenters. The minimum Gasteiger partial charge on any atom is -0.493 e. The highest BCUT2D eigenvalue weighted by Gasteiger charge is 2.13. The number of halogens is 1. The van der Waals surface area contributed by atoms with E-state index in [0.717, 1.165) is 11.3 Å². The van der Waals surface area contributed by atoms with Gasteiger partial charge in [0, 0.05) is 11.1 Å². The molecule has 3 N–H and O–H groups in total. The summed E-state index contributed by atoms with van der Waals surface area (Å²) in [6, 6.07) is 12.1. The Hall–Kier alpha value is -2.80. The molecule has 0 amide bonds. The summed E-state index contributed by atoms with van der Waals surface area (Å²) >= 11 is 5.12. The molecule has 0 aliphatic heterocycles. The van der Waals surface area contributed by atoms with Crippen LogP contribution in [0.5, 0.6) is 5.88 Å². The fraction of sp³-hybridized carbons (Fsp3) is 0.0625. The topological polar surface area (TPSA) is 72.8 Å². The molecule has 0 aliphatic carbocycles. The van der Waals surface area contributed by atoms with Gasteiger partial charge in [-0.2, -0.15) is 0 Å². The summed E-state index contributed by atoms with van der Waals surface area (Å²) < 4.78 is 13.7. The number of aryl methyl sites for hydroxylation is 1. The Bertz CT molecular complexity index is 920. The molecule has 0 radical (unpaired) electrons. The number of azo groups is 1. The standard InChI is InChI=1S/C16H13FN4OS/c1-9-5-2-3-8-12(9)18-16(23)21-20-14-10-6-4-7-11(17)13(10)19-15(14)22/h2-8,19,22H,1H3,(H,18,23). The molecule has 7 heteroatoms. The second-order valence-corrected chi connectivity index (χ2v) is 5.32. The normalized spacial score (nSPS) is 11.2. The summed E-state index contributed by atoms with van der Waals surface area (Å²) in [6.45, 7) is 1.94. The number of aromatic nitrogens is 1. The van der Waals surface area contributed by atoms with Crippen molar-refractivity contribution < 1.29 is 9.50 Å². The molecular formula is C16H13FN4OS. The van der Waals surface area contributed by atoms with E-state index in [2.05, 4.69) is 20.5 Å². The second kappa shape index (κ2) is 6.13. The van der Waals surface area contributed by atoms with Crippen LogP contribution in [0.4, 0.5) is 15.8 Å². The van der Waals surface area contributed by atoms with Gasteiger partial charge in [-0.25, -0.2) is 4.39 Å². The first kappa shape index (κ1) is 15.1. The van der Waals surface area contributed by atoms with Gasteiger partial charge in [-0.15, -0.1) is 10.2 Å². The first-order chi connectivity index (χ1) is 11.1. The maximum atomic E-state index is 13.7. The summed E-state index contributed by atoms with van der Waals surface area (Å²) in [6.07, 6.45) is 0. The molecule has 0 aliphatic rings. The van der Waals surface area contributed by atoms with Crippen molar-refractivity contribution in [3.63, 3.8) is 0 Å². The van der Waals surface area contributed by atoms with E-state index in [4.69, 9.17) is 12.2 Å². The first-order valence-corrected chi connectivity index (χ1v) is 7.24. The summed E-state index contributed by atoms with van der Waals surface area (Å²) in [5, 5.41) is 21.2. The maximum absolute atomic E-state index is 13.7. The predicted molar refractivity (Wildman–Crippen MR) is 91.8 cm³/mol. The monoisotopic (exact) mass is 328 g/mol. The van der Waals surface area contributed by atoms with Crippen molar-refractivity contribution in [3.8, 4) is 5.88 Å². The number of hydrogen-bond acceptors (Lipinski definition) is 3. The Kier molecular flexibility index (Phi) is 4.03. The molecule has 3 rings (SSSR count). The van der Waals surface area contributed by atoms with E-state index in [0.29, 0.717) is 5.39 Å². The lowest BCUT2D eigenvalue weighted by Gasteiger charge is -2.05. The molecule has 23 heavy (non-hydrogen) atoms. The van der Waals surface area contributed by atoms with Gasteiger partial charge in [-0.3, -0.25) is 0 Å². The van der Waals surface area contributed by atoms with Gasteiger partial charge in [-0.05, 0) is 36.8 Å². The smallest absolute Gasteiger partial charge is 0.218 e. The lowest BCUT2D eigenvalue weighted by atomic mass is 10.2. The van der Waals surface area contributed by atoms with Gasteiger partial charge in [0.1, 0.15) is 5.82 Å². The quantitative estimate of drug-likeness (QED) is 0.467. The van der Waals surface area contributed by atoms with Gasteiger partial charge in [0.15, 0.2) is 5.69 Å². The van der Waals surface area contributed by atoms with Crippen molar-refractivity contribution in [2.24, 2.45) is 10.2 Å². The van der Waals surface area contributed by atoms with Crippen molar-refractivity contribution >= 4 is 39.6 Å². The van der Waals surface area contributed by atoms with Gasteiger partial charge in [-0.1, -0.05) is 30.3 Å². The average molecular weight is 328 g/mol. The predicted octanol–water partition coefficient (Wildman–Crippen LogP) is 4.80. The Morgan fingerprint density at radius 3 is 2.78 bits per heavy atom. The molecular weight excluding hydrogens is 315 g/mol. The minimum absolute atomic E-state index is 0.143. The van der Waals surface area contributed by atoms with Crippen LogP contribution in [0.1, 0.15) is 5.56 Å². The van der Waals surface area contributed by atoms with E-state index in [1.165, 1.54) is 12.1 Å². The zero-order valence-electron chi connectivity index (χ0n) is 12.2. The molecule has 0 atom stereocenters. The fourth-order valence-electron chi connectivity index (χ4n) is 2.20. The number of para-hydroxylation sites is 2. The molecule has 5 nitrogen and oxygen atoms in total. The molecule has 0 saturated carbocycles. The number of benzene rings is 2. The molecule has 0 fully saturated rings. The van der Waals surface area contributed by atoms with Crippen LogP contribution in [0.15, 0.2) is 52.7 Å². The van der Waals surface area contributed by atoms with Gasteiger partial charge in [0.05, 0.1) is 5.52 Å². The van der Waals surface area contributed by atoms with Gasteiger partial charge in [0.2, 0.25) is 11.0 Å². The molecule has 0 spiro atoms. The Morgan fingerprint density at radius 2 is 2.00 bits per heavy atom. The number of aromatic amines is 1. The zero-order valence-corrected chi connectivity index (χ0v) is 13.0. The molecule has 0 saturated heterocycles. The number of fused-ring (bicyclic) bond motifs is 1. The number of anilines is 1. The minimum atomic E-state index is -0.472. The maximum Gasteiger partial charge on any atom is 0.218 e.